The first-order valence-corrected chi connectivity index (χ1v) is 20.8. The quantitative estimate of drug-likeness (QED) is 0.118. The summed E-state index contributed by atoms with van der Waals surface area (Å²) in [6, 6.07) is 0. The Kier molecular flexibility index (Phi) is 11.2. The number of carbonyl (C=O) groups excluding carboxylic acids is 1. The van der Waals surface area contributed by atoms with Crippen molar-refractivity contribution >= 4 is 5.78 Å². The van der Waals surface area contributed by atoms with Crippen LogP contribution in [0.25, 0.3) is 0 Å². The van der Waals surface area contributed by atoms with Crippen LogP contribution < -0.4 is 0 Å². The zero-order chi connectivity index (χ0) is 40.2. The fourth-order valence-electron chi connectivity index (χ4n) is 14.0. The smallest absolute Gasteiger partial charge is 0.186 e. The van der Waals surface area contributed by atoms with Crippen LogP contribution in [-0.4, -0.2) is 133 Å². The predicted molar refractivity (Wildman–Crippen MR) is 198 cm³/mol. The highest BCUT2D eigenvalue weighted by Gasteiger charge is 2.84. The van der Waals surface area contributed by atoms with E-state index >= 15 is 0 Å². The topological polar surface area (TPSA) is 216 Å². The molecule has 0 radical (unpaired) electrons. The van der Waals surface area contributed by atoms with Crippen LogP contribution in [0.3, 0.4) is 0 Å². The molecule has 0 aromatic rings. The molecule has 8 N–H and O–H groups in total. The third-order valence-corrected chi connectivity index (χ3v) is 16.9. The fraction of sp³-hybridized carbons (Fsp3) is 0.929. The molecule has 2 spiro atoms. The predicted octanol–water partition coefficient (Wildman–Crippen LogP) is 1.97. The Morgan fingerprint density at radius 1 is 0.800 bits per heavy atom. The Hall–Kier alpha value is -1.07. The number of aliphatic hydroxyl groups is 8. The fourth-order valence-corrected chi connectivity index (χ4v) is 14.0. The number of hydrogen-bond acceptors (Lipinski definition) is 13. The molecule has 314 valence electrons. The third kappa shape index (κ3) is 6.19. The summed E-state index contributed by atoms with van der Waals surface area (Å²) in [4.78, 5) is 14.8. The summed E-state index contributed by atoms with van der Waals surface area (Å²) in [5.41, 5.74) is -0.166. The molecule has 13 nitrogen and oxygen atoms in total. The van der Waals surface area contributed by atoms with Gasteiger partial charge in [-0.1, -0.05) is 46.3 Å². The van der Waals surface area contributed by atoms with Crippen molar-refractivity contribution in [2.24, 2.45) is 50.7 Å². The van der Waals surface area contributed by atoms with Crippen molar-refractivity contribution in [1.29, 1.82) is 0 Å². The molecule has 0 bridgehead atoms. The lowest BCUT2D eigenvalue weighted by molar-refractivity contribution is -0.325. The molecule has 20 atom stereocenters. The van der Waals surface area contributed by atoms with Gasteiger partial charge in [-0.2, -0.15) is 0 Å². The number of ketones is 1. The van der Waals surface area contributed by atoms with Crippen LogP contribution in [0.15, 0.2) is 11.6 Å². The van der Waals surface area contributed by atoms with Gasteiger partial charge in [-0.15, -0.1) is 0 Å². The molecule has 5 aliphatic carbocycles. The van der Waals surface area contributed by atoms with Gasteiger partial charge in [0.1, 0.15) is 54.6 Å². The zero-order valence-corrected chi connectivity index (χ0v) is 33.7. The third-order valence-electron chi connectivity index (χ3n) is 16.9. The van der Waals surface area contributed by atoms with E-state index in [4.69, 9.17) is 18.9 Å². The molecular weight excluding hydrogens is 712 g/mol. The maximum absolute atomic E-state index is 14.8. The standard InChI is InChI=1S/C42H68O13/c1-20(2)9-8-10-21(3)28-23(52-36-33(50)31(48)29(46)24(17-43)53-36)16-40(7)26-15-22(45)35-38(4,5)27(55-37-34(51)32(49)30(47)25(18-44)54-37)11-12-42(35)19-41(26,42)14-13-39(28,40)6/h9,21,23-37,43-44,46-51H,8,10-19H2,1-7H3/t21?,23-,24?,25?,26-,27-,28?,29?,30?,31?,32?,33?,34?,35?,36?,37?,39+,40?,41-,42+/m0/s1. The number of ether oxygens (including phenoxy) is 4. The van der Waals surface area contributed by atoms with Gasteiger partial charge in [0.25, 0.3) is 0 Å². The van der Waals surface area contributed by atoms with Gasteiger partial charge >= 0.3 is 0 Å². The molecule has 5 saturated carbocycles. The van der Waals surface area contributed by atoms with Crippen molar-refractivity contribution in [2.75, 3.05) is 13.2 Å². The summed E-state index contributed by atoms with van der Waals surface area (Å²) < 4.78 is 24.8. The monoisotopic (exact) mass is 780 g/mol. The molecule has 14 unspecified atom stereocenters. The minimum atomic E-state index is -1.55. The van der Waals surface area contributed by atoms with Gasteiger partial charge < -0.3 is 59.8 Å². The molecule has 7 fully saturated rings. The first-order valence-electron chi connectivity index (χ1n) is 20.8. The van der Waals surface area contributed by atoms with Gasteiger partial charge in [-0.3, -0.25) is 4.79 Å². The van der Waals surface area contributed by atoms with Crippen molar-refractivity contribution in [1.82, 2.24) is 0 Å². The number of aliphatic hydroxyl groups excluding tert-OH is 8. The van der Waals surface area contributed by atoms with Crippen molar-refractivity contribution in [3.63, 3.8) is 0 Å². The van der Waals surface area contributed by atoms with Gasteiger partial charge in [0.2, 0.25) is 0 Å². The molecule has 0 aromatic heterocycles. The molecule has 0 amide bonds. The van der Waals surface area contributed by atoms with E-state index in [-0.39, 0.29) is 57.2 Å². The van der Waals surface area contributed by atoms with Crippen LogP contribution in [0, 0.1) is 50.7 Å². The lowest BCUT2D eigenvalue weighted by Crippen LogP contribution is -2.63. The highest BCUT2D eigenvalue weighted by Crippen LogP contribution is 2.88. The lowest BCUT2D eigenvalue weighted by atomic mass is 9.41. The average Bonchev–Trinajstić information content (AvgIpc) is 3.71. The van der Waals surface area contributed by atoms with Crippen LogP contribution in [0.4, 0.5) is 0 Å². The van der Waals surface area contributed by atoms with Gasteiger partial charge in [0.15, 0.2) is 12.6 Å². The average molecular weight is 781 g/mol. The number of Topliss-reactive ketones (excluding diaryl/α,β-unsaturated/α-hetero) is 1. The summed E-state index contributed by atoms with van der Waals surface area (Å²) in [6.45, 7) is 14.2. The van der Waals surface area contributed by atoms with Crippen LogP contribution in [0.5, 0.6) is 0 Å². The van der Waals surface area contributed by atoms with E-state index in [9.17, 15) is 45.6 Å². The molecule has 13 heteroatoms. The number of fused-ring (bicyclic) bond motifs is 2. The zero-order valence-electron chi connectivity index (χ0n) is 33.7. The van der Waals surface area contributed by atoms with Gasteiger partial charge in [-0.05, 0) is 105 Å². The van der Waals surface area contributed by atoms with Crippen molar-refractivity contribution in [3.8, 4) is 0 Å². The molecule has 2 heterocycles. The van der Waals surface area contributed by atoms with Gasteiger partial charge in [-0.25, -0.2) is 0 Å². The first-order chi connectivity index (χ1) is 25.7. The molecule has 7 rings (SSSR count). The number of allylic oxidation sites excluding steroid dienone is 2. The highest BCUT2D eigenvalue weighted by molar-refractivity contribution is 5.86. The Labute approximate surface area is 325 Å². The van der Waals surface area contributed by atoms with E-state index in [1.165, 1.54) is 5.57 Å². The Morgan fingerprint density at radius 3 is 1.95 bits per heavy atom. The second-order valence-corrected chi connectivity index (χ2v) is 20.1. The van der Waals surface area contributed by atoms with E-state index < -0.39 is 86.1 Å². The van der Waals surface area contributed by atoms with Crippen LogP contribution in [0.2, 0.25) is 0 Å². The van der Waals surface area contributed by atoms with E-state index in [1.54, 1.807) is 0 Å². The number of rotatable bonds is 10. The minimum Gasteiger partial charge on any atom is -0.394 e. The maximum atomic E-state index is 14.8. The van der Waals surface area contributed by atoms with E-state index in [1.807, 2.05) is 0 Å². The molecule has 2 aliphatic heterocycles. The minimum absolute atomic E-state index is 0.0504. The molecule has 2 saturated heterocycles. The molecule has 7 aliphatic rings. The SMILES string of the molecule is CC(C)=CCCC(C)C1[C@@H](OC2OC(CO)C(O)C(O)C2O)CC2(C)[C@@H]3CC(=O)C4C(C)(C)[C@@H](OC5OC(CO)C(O)C(O)C5O)CC[C@@]45C[C@@]35CC[C@]12C. The largest absolute Gasteiger partial charge is 0.394 e. The Morgan fingerprint density at radius 2 is 1.38 bits per heavy atom. The highest BCUT2D eigenvalue weighted by atomic mass is 16.7. The van der Waals surface area contributed by atoms with E-state index in [0.717, 1.165) is 38.5 Å². The van der Waals surface area contributed by atoms with Gasteiger partial charge in [0, 0.05) is 17.8 Å². The van der Waals surface area contributed by atoms with E-state index in [2.05, 4.69) is 54.5 Å². The second kappa shape index (κ2) is 14.6. The summed E-state index contributed by atoms with van der Waals surface area (Å²) in [7, 11) is 0. The summed E-state index contributed by atoms with van der Waals surface area (Å²) >= 11 is 0. The number of hydrogen-bond donors (Lipinski definition) is 8. The number of carbonyl (C=O) groups is 1. The Balaban J connectivity index is 1.17. The normalized spacial score (nSPS) is 53.4. The molecule has 0 aromatic carbocycles. The molecular formula is C42H68O13. The Bertz CT molecular complexity index is 1460. The van der Waals surface area contributed by atoms with Crippen LogP contribution in [-0.2, 0) is 23.7 Å². The lowest BCUT2D eigenvalue weighted by Gasteiger charge is -2.63. The van der Waals surface area contributed by atoms with E-state index in [0.29, 0.717) is 19.3 Å². The van der Waals surface area contributed by atoms with Crippen molar-refractivity contribution < 1.29 is 64.6 Å². The van der Waals surface area contributed by atoms with Crippen molar-refractivity contribution in [3.05, 3.63) is 11.6 Å². The first kappa shape index (κ1) is 42.1. The van der Waals surface area contributed by atoms with Crippen LogP contribution >= 0.6 is 0 Å². The summed E-state index contributed by atoms with van der Waals surface area (Å²) in [5.74, 6) is 0.295. The van der Waals surface area contributed by atoms with Crippen molar-refractivity contribution in [2.45, 2.75) is 180 Å². The summed E-state index contributed by atoms with van der Waals surface area (Å²) in [5, 5.41) is 83.5. The second-order valence-electron chi connectivity index (χ2n) is 20.1. The molecule has 55 heavy (non-hydrogen) atoms. The van der Waals surface area contributed by atoms with Crippen LogP contribution in [0.1, 0.15) is 106 Å². The maximum Gasteiger partial charge on any atom is 0.186 e. The summed E-state index contributed by atoms with van der Waals surface area (Å²) in [6.07, 6.45) is -5.14. The van der Waals surface area contributed by atoms with Gasteiger partial charge in [0.05, 0.1) is 25.4 Å².